The van der Waals surface area contributed by atoms with Crippen LogP contribution in [0.2, 0.25) is 0 Å². The van der Waals surface area contributed by atoms with E-state index in [1.165, 1.54) is 38.8 Å². The van der Waals surface area contributed by atoms with Crippen LogP contribution >= 0.6 is 0 Å². The van der Waals surface area contributed by atoms with E-state index in [1.807, 2.05) is 0 Å². The van der Waals surface area contributed by atoms with Gasteiger partial charge in [-0.15, -0.1) is 0 Å². The predicted molar refractivity (Wildman–Crippen MR) is 86.9 cm³/mol. The summed E-state index contributed by atoms with van der Waals surface area (Å²) in [7, 11) is 0. The van der Waals surface area contributed by atoms with Crippen molar-refractivity contribution in [3.05, 3.63) is 0 Å². The molecule has 1 saturated heterocycles. The summed E-state index contributed by atoms with van der Waals surface area (Å²) in [5.41, 5.74) is 6.13. The minimum Gasteiger partial charge on any atom is -0.381 e. The molecule has 0 aromatic carbocycles. The van der Waals surface area contributed by atoms with E-state index in [4.69, 9.17) is 10.5 Å². The topological polar surface area (TPSA) is 38.5 Å². The molecule has 0 saturated carbocycles. The molecule has 2 N–H and O–H groups in total. The fraction of sp³-hybridized carbons (Fsp3) is 1.00. The number of ether oxygens (including phenoxy) is 1. The Bertz CT molecular complexity index is 225. The largest absolute Gasteiger partial charge is 0.381 e. The first-order valence-corrected chi connectivity index (χ1v) is 8.56. The summed E-state index contributed by atoms with van der Waals surface area (Å²) in [5, 5.41) is 0. The van der Waals surface area contributed by atoms with Crippen molar-refractivity contribution in [2.45, 2.75) is 59.4 Å². The normalized spacial score (nSPS) is 19.2. The highest BCUT2D eigenvalue weighted by molar-refractivity contribution is 4.82. The van der Waals surface area contributed by atoms with Crippen LogP contribution in [0.4, 0.5) is 0 Å². The Labute approximate surface area is 126 Å². The minimum atomic E-state index is 0.552. The molecule has 1 atom stereocenters. The molecule has 0 amide bonds. The van der Waals surface area contributed by atoms with Crippen molar-refractivity contribution in [1.29, 1.82) is 0 Å². The molecule has 1 fully saturated rings. The molecule has 0 radical (unpaired) electrons. The van der Waals surface area contributed by atoms with Crippen LogP contribution in [0.3, 0.4) is 0 Å². The van der Waals surface area contributed by atoms with Gasteiger partial charge in [-0.1, -0.05) is 27.7 Å². The van der Waals surface area contributed by atoms with E-state index in [-0.39, 0.29) is 0 Å². The predicted octanol–water partition coefficient (Wildman–Crippen LogP) is 3.13. The van der Waals surface area contributed by atoms with Crippen molar-refractivity contribution in [1.82, 2.24) is 4.90 Å². The number of nitrogens with zero attached hydrogens (tertiary/aromatic N) is 1. The van der Waals surface area contributed by atoms with Gasteiger partial charge in [0, 0.05) is 25.8 Å². The molecule has 120 valence electrons. The average molecular weight is 284 g/mol. The Hall–Kier alpha value is -0.120. The second-order valence-electron chi connectivity index (χ2n) is 7.15. The summed E-state index contributed by atoms with van der Waals surface area (Å²) < 4.78 is 5.51. The van der Waals surface area contributed by atoms with Gasteiger partial charge in [0.25, 0.3) is 0 Å². The second-order valence-corrected chi connectivity index (χ2v) is 7.15. The number of rotatable bonds is 9. The molecular formula is C17H36N2O. The Morgan fingerprint density at radius 2 is 1.50 bits per heavy atom. The lowest BCUT2D eigenvalue weighted by Gasteiger charge is -2.39. The summed E-state index contributed by atoms with van der Waals surface area (Å²) in [5.74, 6) is 2.27. The summed E-state index contributed by atoms with van der Waals surface area (Å²) in [6.45, 7) is 14.3. The van der Waals surface area contributed by atoms with E-state index in [9.17, 15) is 0 Å². The lowest BCUT2D eigenvalue weighted by atomic mass is 9.90. The summed E-state index contributed by atoms with van der Waals surface area (Å²) in [4.78, 5) is 2.68. The maximum Gasteiger partial charge on any atom is 0.0469 e. The fourth-order valence-corrected chi connectivity index (χ4v) is 3.03. The summed E-state index contributed by atoms with van der Waals surface area (Å²) in [6, 6.07) is 0.552. The molecule has 20 heavy (non-hydrogen) atoms. The molecule has 0 aromatic heterocycles. The third-order valence-corrected chi connectivity index (χ3v) is 4.51. The minimum absolute atomic E-state index is 0.552. The van der Waals surface area contributed by atoms with E-state index in [0.29, 0.717) is 6.04 Å². The lowest BCUT2D eigenvalue weighted by Crippen LogP contribution is -2.48. The molecule has 1 aliphatic rings. The Morgan fingerprint density at radius 3 is 1.90 bits per heavy atom. The first kappa shape index (κ1) is 17.9. The second kappa shape index (κ2) is 9.75. The molecule has 0 aliphatic carbocycles. The van der Waals surface area contributed by atoms with Crippen molar-refractivity contribution in [2.24, 2.45) is 23.5 Å². The average Bonchev–Trinajstić information content (AvgIpc) is 2.42. The molecule has 1 heterocycles. The third kappa shape index (κ3) is 6.55. The highest BCUT2D eigenvalue weighted by Crippen LogP contribution is 2.23. The lowest BCUT2D eigenvalue weighted by molar-refractivity contribution is 0.0252. The maximum atomic E-state index is 6.13. The maximum absolute atomic E-state index is 6.13. The van der Waals surface area contributed by atoms with Gasteiger partial charge in [-0.25, -0.2) is 0 Å². The zero-order valence-electron chi connectivity index (χ0n) is 14.1. The highest BCUT2D eigenvalue weighted by Gasteiger charge is 2.27. The van der Waals surface area contributed by atoms with Crippen molar-refractivity contribution >= 4 is 0 Å². The molecular weight excluding hydrogens is 248 g/mol. The van der Waals surface area contributed by atoms with Gasteiger partial charge < -0.3 is 10.5 Å². The van der Waals surface area contributed by atoms with E-state index in [0.717, 1.165) is 37.5 Å². The zero-order valence-corrected chi connectivity index (χ0v) is 14.1. The smallest absolute Gasteiger partial charge is 0.0469 e. The van der Waals surface area contributed by atoms with Crippen LogP contribution in [0.15, 0.2) is 0 Å². The standard InChI is InChI=1S/C17H36N2O/c1-14(2)5-9-19(10-6-15(3)4)17(13-18)16-7-11-20-12-8-16/h14-17H,5-13,18H2,1-4H3. The number of hydrogen-bond donors (Lipinski definition) is 1. The van der Waals surface area contributed by atoms with Crippen LogP contribution in [0.5, 0.6) is 0 Å². The Morgan fingerprint density at radius 1 is 1.00 bits per heavy atom. The molecule has 0 bridgehead atoms. The van der Waals surface area contributed by atoms with Gasteiger partial charge in [0.15, 0.2) is 0 Å². The van der Waals surface area contributed by atoms with Crippen LogP contribution in [-0.2, 0) is 4.74 Å². The highest BCUT2D eigenvalue weighted by atomic mass is 16.5. The van der Waals surface area contributed by atoms with Gasteiger partial charge in [0.1, 0.15) is 0 Å². The van der Waals surface area contributed by atoms with Gasteiger partial charge in [0.05, 0.1) is 0 Å². The quantitative estimate of drug-likeness (QED) is 0.707. The van der Waals surface area contributed by atoms with Crippen LogP contribution in [0.25, 0.3) is 0 Å². The van der Waals surface area contributed by atoms with Crippen LogP contribution in [0.1, 0.15) is 53.4 Å². The SMILES string of the molecule is CC(C)CCN(CCC(C)C)C(CN)C1CCOCC1. The Kier molecular flexibility index (Phi) is 8.74. The van der Waals surface area contributed by atoms with Crippen LogP contribution in [0, 0.1) is 17.8 Å². The Balaban J connectivity index is 2.59. The van der Waals surface area contributed by atoms with Crippen molar-refractivity contribution in [3.8, 4) is 0 Å². The molecule has 1 unspecified atom stereocenters. The molecule has 1 aliphatic heterocycles. The van der Waals surface area contributed by atoms with Crippen LogP contribution in [-0.4, -0.2) is 43.8 Å². The van der Waals surface area contributed by atoms with E-state index < -0.39 is 0 Å². The fourth-order valence-electron chi connectivity index (χ4n) is 3.03. The zero-order chi connectivity index (χ0) is 15.0. The first-order chi connectivity index (χ1) is 9.54. The monoisotopic (exact) mass is 284 g/mol. The molecule has 0 aromatic rings. The van der Waals surface area contributed by atoms with Gasteiger partial charge in [-0.2, -0.15) is 0 Å². The van der Waals surface area contributed by atoms with Gasteiger partial charge in [-0.05, 0) is 56.5 Å². The van der Waals surface area contributed by atoms with Gasteiger partial charge in [-0.3, -0.25) is 4.90 Å². The van der Waals surface area contributed by atoms with E-state index in [1.54, 1.807) is 0 Å². The number of hydrogen-bond acceptors (Lipinski definition) is 3. The number of nitrogens with two attached hydrogens (primary N) is 1. The molecule has 0 spiro atoms. The van der Waals surface area contributed by atoms with Gasteiger partial charge >= 0.3 is 0 Å². The summed E-state index contributed by atoms with van der Waals surface area (Å²) in [6.07, 6.45) is 4.92. The molecule has 3 heteroatoms. The van der Waals surface area contributed by atoms with Crippen molar-refractivity contribution in [2.75, 3.05) is 32.8 Å². The van der Waals surface area contributed by atoms with Crippen molar-refractivity contribution in [3.63, 3.8) is 0 Å². The van der Waals surface area contributed by atoms with Crippen molar-refractivity contribution < 1.29 is 4.74 Å². The molecule has 1 rings (SSSR count). The van der Waals surface area contributed by atoms with E-state index in [2.05, 4.69) is 32.6 Å². The third-order valence-electron chi connectivity index (χ3n) is 4.51. The van der Waals surface area contributed by atoms with Crippen LogP contribution < -0.4 is 5.73 Å². The summed E-state index contributed by atoms with van der Waals surface area (Å²) >= 11 is 0. The molecule has 3 nitrogen and oxygen atoms in total. The van der Waals surface area contributed by atoms with E-state index >= 15 is 0 Å². The first-order valence-electron chi connectivity index (χ1n) is 8.56. The van der Waals surface area contributed by atoms with Gasteiger partial charge in [0.2, 0.25) is 0 Å².